The molecule has 1 aromatic rings. The number of carbonyl (C=O) groups is 1. The molecule has 2 nitrogen and oxygen atoms in total. The molecule has 1 aromatic heterocycles. The van der Waals surface area contributed by atoms with Gasteiger partial charge in [-0.1, -0.05) is 13.0 Å². The van der Waals surface area contributed by atoms with Crippen molar-refractivity contribution in [2.24, 2.45) is 0 Å². The molecule has 0 amide bonds. The van der Waals surface area contributed by atoms with E-state index >= 15 is 0 Å². The van der Waals surface area contributed by atoms with Crippen molar-refractivity contribution < 1.29 is 4.79 Å². The Hall–Kier alpha value is -1.31. The van der Waals surface area contributed by atoms with Gasteiger partial charge in [0.2, 0.25) is 0 Å². The average Bonchev–Trinajstić information content (AvgIpc) is 2.43. The monoisotopic (exact) mass is 163 g/mol. The van der Waals surface area contributed by atoms with Crippen molar-refractivity contribution in [3.63, 3.8) is 0 Å². The van der Waals surface area contributed by atoms with Crippen LogP contribution in [0.25, 0.3) is 6.08 Å². The summed E-state index contributed by atoms with van der Waals surface area (Å²) in [6.07, 6.45) is 5.90. The predicted octanol–water partition coefficient (Wildman–Crippen LogP) is 2.56. The van der Waals surface area contributed by atoms with E-state index in [4.69, 9.17) is 0 Å². The number of allylic oxidation sites excluding steroid dienone is 1. The van der Waals surface area contributed by atoms with E-state index in [1.54, 1.807) is 0 Å². The fourth-order valence-electron chi connectivity index (χ4n) is 1.07. The summed E-state index contributed by atoms with van der Waals surface area (Å²) in [5.74, 6) is 0. The number of aromatic amines is 1. The maximum atomic E-state index is 10.4. The number of hydrogen-bond acceptors (Lipinski definition) is 1. The summed E-state index contributed by atoms with van der Waals surface area (Å²) in [5, 5.41) is 0. The molecule has 0 bridgehead atoms. The summed E-state index contributed by atoms with van der Waals surface area (Å²) in [4.78, 5) is 13.4. The molecule has 0 aromatic carbocycles. The minimum atomic E-state index is 0.642. The zero-order valence-electron chi connectivity index (χ0n) is 7.42. The zero-order valence-corrected chi connectivity index (χ0v) is 7.42. The maximum absolute atomic E-state index is 10.4. The lowest BCUT2D eigenvalue weighted by Gasteiger charge is -1.88. The van der Waals surface area contributed by atoms with Gasteiger partial charge in [-0.15, -0.1) is 0 Å². The lowest BCUT2D eigenvalue weighted by atomic mass is 10.2. The van der Waals surface area contributed by atoms with Gasteiger partial charge in [-0.2, -0.15) is 0 Å². The highest BCUT2D eigenvalue weighted by Gasteiger charge is 1.98. The zero-order chi connectivity index (χ0) is 8.97. The molecule has 0 saturated carbocycles. The van der Waals surface area contributed by atoms with Gasteiger partial charge >= 0.3 is 0 Å². The molecule has 0 spiro atoms. The first-order valence-corrected chi connectivity index (χ1v) is 4.09. The molecule has 64 valence electrons. The normalized spacial score (nSPS) is 10.8. The number of aldehydes is 1. The van der Waals surface area contributed by atoms with Gasteiger partial charge in [-0.05, 0) is 31.1 Å². The predicted molar refractivity (Wildman–Crippen MR) is 50.2 cm³/mol. The van der Waals surface area contributed by atoms with Gasteiger partial charge in [0.1, 0.15) is 0 Å². The molecule has 0 aliphatic carbocycles. The Morgan fingerprint density at radius 2 is 2.33 bits per heavy atom. The number of hydrogen-bond donors (Lipinski definition) is 1. The Kier molecular flexibility index (Phi) is 2.86. The van der Waals surface area contributed by atoms with E-state index in [0.717, 1.165) is 24.0 Å². The molecule has 0 saturated heterocycles. The molecule has 1 heterocycles. The average molecular weight is 163 g/mol. The minimum absolute atomic E-state index is 0.642. The van der Waals surface area contributed by atoms with Crippen LogP contribution in [-0.2, 0) is 0 Å². The fraction of sp³-hybridized carbons (Fsp3) is 0.300. The number of aromatic nitrogens is 1. The van der Waals surface area contributed by atoms with Crippen molar-refractivity contribution in [3.05, 3.63) is 29.1 Å². The largest absolute Gasteiger partial charge is 0.353 e. The van der Waals surface area contributed by atoms with Crippen LogP contribution in [0.15, 0.2) is 12.1 Å². The Bertz CT molecular complexity index is 297. The first-order valence-electron chi connectivity index (χ1n) is 4.09. The summed E-state index contributed by atoms with van der Waals surface area (Å²) in [5.41, 5.74) is 2.78. The van der Waals surface area contributed by atoms with Crippen LogP contribution < -0.4 is 0 Å². The molecule has 12 heavy (non-hydrogen) atoms. The van der Waals surface area contributed by atoms with Crippen molar-refractivity contribution >= 4 is 12.4 Å². The Labute approximate surface area is 72.3 Å². The third kappa shape index (κ3) is 1.84. The standard InChI is InChI=1S/C10H13NO/c1-3-4-5-10-8(2)6-9(7-12)11-10/h4-7,11H,3H2,1-2H3/b5-4-. The van der Waals surface area contributed by atoms with Crippen LogP contribution in [0.1, 0.15) is 35.1 Å². The molecule has 1 rings (SSSR count). The van der Waals surface area contributed by atoms with Crippen molar-refractivity contribution in [2.45, 2.75) is 20.3 Å². The van der Waals surface area contributed by atoms with E-state index in [1.807, 2.05) is 19.1 Å². The van der Waals surface area contributed by atoms with Gasteiger partial charge in [0.15, 0.2) is 6.29 Å². The second-order valence-electron chi connectivity index (χ2n) is 2.75. The van der Waals surface area contributed by atoms with E-state index in [2.05, 4.69) is 18.0 Å². The number of aryl methyl sites for hydroxylation is 1. The topological polar surface area (TPSA) is 32.9 Å². The summed E-state index contributed by atoms with van der Waals surface area (Å²) >= 11 is 0. The Morgan fingerprint density at radius 1 is 1.58 bits per heavy atom. The highest BCUT2D eigenvalue weighted by molar-refractivity contribution is 5.74. The molecular formula is C10H13NO. The van der Waals surface area contributed by atoms with Crippen LogP contribution in [0.4, 0.5) is 0 Å². The minimum Gasteiger partial charge on any atom is -0.353 e. The molecule has 0 radical (unpaired) electrons. The fourth-order valence-corrected chi connectivity index (χ4v) is 1.07. The summed E-state index contributed by atoms with van der Waals surface area (Å²) in [6.45, 7) is 4.06. The second kappa shape index (κ2) is 3.90. The first kappa shape index (κ1) is 8.78. The third-order valence-electron chi connectivity index (χ3n) is 1.72. The molecule has 0 atom stereocenters. The number of nitrogens with one attached hydrogen (secondary N) is 1. The lowest BCUT2D eigenvalue weighted by molar-refractivity contribution is 0.111. The van der Waals surface area contributed by atoms with Gasteiger partial charge in [0.25, 0.3) is 0 Å². The van der Waals surface area contributed by atoms with E-state index in [0.29, 0.717) is 5.69 Å². The van der Waals surface area contributed by atoms with E-state index in [-0.39, 0.29) is 0 Å². The molecule has 0 fully saturated rings. The number of H-pyrrole nitrogens is 1. The summed E-state index contributed by atoms with van der Waals surface area (Å²) in [7, 11) is 0. The third-order valence-corrected chi connectivity index (χ3v) is 1.72. The van der Waals surface area contributed by atoms with Crippen molar-refractivity contribution in [1.82, 2.24) is 4.98 Å². The molecule has 0 aliphatic rings. The molecule has 1 N–H and O–H groups in total. The Balaban J connectivity index is 2.91. The van der Waals surface area contributed by atoms with Crippen LogP contribution in [0.2, 0.25) is 0 Å². The van der Waals surface area contributed by atoms with E-state index in [9.17, 15) is 4.79 Å². The first-order chi connectivity index (χ1) is 5.77. The van der Waals surface area contributed by atoms with Crippen molar-refractivity contribution in [3.8, 4) is 0 Å². The van der Waals surface area contributed by atoms with Crippen LogP contribution in [0.3, 0.4) is 0 Å². The smallest absolute Gasteiger partial charge is 0.166 e. The highest BCUT2D eigenvalue weighted by Crippen LogP contribution is 2.10. The molecule has 0 unspecified atom stereocenters. The van der Waals surface area contributed by atoms with Gasteiger partial charge in [0.05, 0.1) is 5.69 Å². The van der Waals surface area contributed by atoms with E-state index in [1.165, 1.54) is 0 Å². The maximum Gasteiger partial charge on any atom is 0.166 e. The summed E-state index contributed by atoms with van der Waals surface area (Å²) < 4.78 is 0. The van der Waals surface area contributed by atoms with Gasteiger partial charge in [0, 0.05) is 5.69 Å². The van der Waals surface area contributed by atoms with E-state index < -0.39 is 0 Å². The quantitative estimate of drug-likeness (QED) is 0.682. The SMILES string of the molecule is CC/C=C\c1[nH]c(C=O)cc1C. The van der Waals surface area contributed by atoms with Crippen molar-refractivity contribution in [2.75, 3.05) is 0 Å². The van der Waals surface area contributed by atoms with Crippen LogP contribution >= 0.6 is 0 Å². The van der Waals surface area contributed by atoms with Gasteiger partial charge in [-0.25, -0.2) is 0 Å². The Morgan fingerprint density at radius 3 is 2.83 bits per heavy atom. The van der Waals surface area contributed by atoms with Crippen LogP contribution in [0.5, 0.6) is 0 Å². The highest BCUT2D eigenvalue weighted by atomic mass is 16.1. The number of carbonyl (C=O) groups excluding carboxylic acids is 1. The summed E-state index contributed by atoms with van der Waals surface area (Å²) in [6, 6.07) is 1.85. The van der Waals surface area contributed by atoms with Gasteiger partial charge < -0.3 is 4.98 Å². The second-order valence-corrected chi connectivity index (χ2v) is 2.75. The molecular weight excluding hydrogens is 150 g/mol. The van der Waals surface area contributed by atoms with Gasteiger partial charge in [-0.3, -0.25) is 4.79 Å². The van der Waals surface area contributed by atoms with Crippen molar-refractivity contribution in [1.29, 1.82) is 0 Å². The molecule has 2 heteroatoms. The molecule has 0 aliphatic heterocycles. The van der Waals surface area contributed by atoms with Crippen LogP contribution in [-0.4, -0.2) is 11.3 Å². The number of rotatable bonds is 3. The van der Waals surface area contributed by atoms with Crippen LogP contribution in [0, 0.1) is 6.92 Å². The lowest BCUT2D eigenvalue weighted by Crippen LogP contribution is -1.77.